The number of hydrogen-bond donors (Lipinski definition) is 3. The van der Waals surface area contributed by atoms with Gasteiger partial charge in [0.1, 0.15) is 0 Å². The molecule has 0 bridgehead atoms. The van der Waals surface area contributed by atoms with Crippen LogP contribution in [0.1, 0.15) is 0 Å². The van der Waals surface area contributed by atoms with Gasteiger partial charge in [-0.3, -0.25) is 10.1 Å². The van der Waals surface area contributed by atoms with Gasteiger partial charge >= 0.3 is 0 Å². The highest BCUT2D eigenvalue weighted by molar-refractivity contribution is 7.96. The quantitative estimate of drug-likeness (QED) is 0.495. The molecule has 9 heavy (non-hydrogen) atoms. The zero-order chi connectivity index (χ0) is 6.69. The molecular weight excluding hydrogens is 140 g/mol. The summed E-state index contributed by atoms with van der Waals surface area (Å²) in [6, 6.07) is 0. The Balaban J connectivity index is 2.58. The number of H-pyrrole nitrogens is 1. The van der Waals surface area contributed by atoms with Crippen LogP contribution in [-0.2, 0) is 0 Å². The number of nitrogens with zero attached hydrogens (tertiary/aromatic N) is 2. The van der Waals surface area contributed by atoms with Crippen molar-refractivity contribution < 1.29 is 4.79 Å². The molecule has 0 atom stereocenters. The molecule has 0 aliphatic heterocycles. The second kappa shape index (κ2) is 2.49. The van der Waals surface area contributed by atoms with E-state index in [1.807, 2.05) is 0 Å². The van der Waals surface area contributed by atoms with Crippen molar-refractivity contribution in [1.29, 1.82) is 0 Å². The van der Waals surface area contributed by atoms with Crippen LogP contribution in [0.4, 0.5) is 10.6 Å². The van der Waals surface area contributed by atoms with Crippen LogP contribution in [0.5, 0.6) is 0 Å². The first-order valence-corrected chi connectivity index (χ1v) is 2.59. The van der Waals surface area contributed by atoms with E-state index in [1.54, 1.807) is 0 Å². The fourth-order valence-electron chi connectivity index (χ4n) is 0.371. The van der Waals surface area contributed by atoms with E-state index in [0.29, 0.717) is 5.82 Å². The van der Waals surface area contributed by atoms with Gasteiger partial charge in [-0.25, -0.2) is 0 Å². The molecule has 0 radical (unpaired) electrons. The van der Waals surface area contributed by atoms with Crippen LogP contribution in [0.2, 0.25) is 0 Å². The first kappa shape index (κ1) is 6.09. The standard InChI is InChI=1S/C3H4N4OS/c8-3(9)5-2-1-4-7-6-2/h1H,(H3,4,5,6,7,8,9). The maximum Gasteiger partial charge on any atom is 0.281 e. The van der Waals surface area contributed by atoms with Crippen molar-refractivity contribution in [3.05, 3.63) is 6.20 Å². The Labute approximate surface area is 56.2 Å². The van der Waals surface area contributed by atoms with Gasteiger partial charge in [0, 0.05) is 0 Å². The number of aromatic nitrogens is 3. The van der Waals surface area contributed by atoms with E-state index < -0.39 is 5.24 Å². The number of aromatic amines is 1. The Bertz CT molecular complexity index is 196. The zero-order valence-electron chi connectivity index (χ0n) is 4.33. The third-order valence-corrected chi connectivity index (χ3v) is 0.762. The number of carbonyl (C=O) groups excluding carboxylic acids is 1. The van der Waals surface area contributed by atoms with Gasteiger partial charge in [0.15, 0.2) is 5.82 Å². The molecule has 0 unspecified atom stereocenters. The minimum Gasteiger partial charge on any atom is -0.299 e. The van der Waals surface area contributed by atoms with Crippen molar-refractivity contribution in [3.8, 4) is 0 Å². The van der Waals surface area contributed by atoms with Crippen LogP contribution in [0.3, 0.4) is 0 Å². The van der Waals surface area contributed by atoms with Gasteiger partial charge in [0.25, 0.3) is 5.24 Å². The molecule has 1 aromatic heterocycles. The van der Waals surface area contributed by atoms with Crippen LogP contribution < -0.4 is 5.32 Å². The van der Waals surface area contributed by atoms with E-state index in [4.69, 9.17) is 0 Å². The van der Waals surface area contributed by atoms with E-state index in [-0.39, 0.29) is 0 Å². The second-order valence-corrected chi connectivity index (χ2v) is 1.69. The summed E-state index contributed by atoms with van der Waals surface area (Å²) in [6.45, 7) is 0. The van der Waals surface area contributed by atoms with E-state index in [2.05, 4.69) is 33.4 Å². The highest BCUT2D eigenvalue weighted by Crippen LogP contribution is 1.96. The van der Waals surface area contributed by atoms with Crippen LogP contribution in [0.15, 0.2) is 6.20 Å². The number of rotatable bonds is 1. The summed E-state index contributed by atoms with van der Waals surface area (Å²) in [6.07, 6.45) is 1.38. The first-order valence-electron chi connectivity index (χ1n) is 2.15. The Morgan fingerprint density at radius 3 is 3.11 bits per heavy atom. The molecule has 0 aliphatic carbocycles. The summed E-state index contributed by atoms with van der Waals surface area (Å²) in [5.74, 6) is 0.370. The minimum atomic E-state index is -0.455. The molecule has 6 heteroatoms. The van der Waals surface area contributed by atoms with E-state index in [0.717, 1.165) is 0 Å². The Morgan fingerprint density at radius 2 is 2.67 bits per heavy atom. The van der Waals surface area contributed by atoms with E-state index in [9.17, 15) is 4.79 Å². The van der Waals surface area contributed by atoms with Gasteiger partial charge in [-0.1, -0.05) is 12.6 Å². The van der Waals surface area contributed by atoms with Crippen molar-refractivity contribution in [1.82, 2.24) is 15.4 Å². The molecule has 1 rings (SSSR count). The lowest BCUT2D eigenvalue weighted by Crippen LogP contribution is -2.00. The van der Waals surface area contributed by atoms with Gasteiger partial charge in [-0.2, -0.15) is 10.3 Å². The highest BCUT2D eigenvalue weighted by Gasteiger charge is 1.95. The number of anilines is 1. The molecule has 5 nitrogen and oxygen atoms in total. The van der Waals surface area contributed by atoms with Crippen molar-refractivity contribution >= 4 is 23.7 Å². The lowest BCUT2D eigenvalue weighted by molar-refractivity contribution is 0.270. The Kier molecular flexibility index (Phi) is 1.69. The lowest BCUT2D eigenvalue weighted by atomic mass is 10.8. The maximum absolute atomic E-state index is 10.2. The van der Waals surface area contributed by atoms with Crippen molar-refractivity contribution in [2.24, 2.45) is 0 Å². The summed E-state index contributed by atoms with van der Waals surface area (Å²) >= 11 is 3.45. The molecule has 48 valence electrons. The summed E-state index contributed by atoms with van der Waals surface area (Å²) in [5.41, 5.74) is 0. The van der Waals surface area contributed by atoms with Gasteiger partial charge in [0.05, 0.1) is 6.20 Å². The van der Waals surface area contributed by atoms with Crippen LogP contribution in [0.25, 0.3) is 0 Å². The Hall–Kier alpha value is -1.04. The van der Waals surface area contributed by atoms with Crippen LogP contribution in [0, 0.1) is 0 Å². The van der Waals surface area contributed by atoms with Crippen molar-refractivity contribution in [2.45, 2.75) is 0 Å². The molecular formula is C3H4N4OS. The summed E-state index contributed by atoms with van der Waals surface area (Å²) in [5, 5.41) is 11.2. The van der Waals surface area contributed by atoms with Gasteiger partial charge in [-0.15, -0.1) is 5.10 Å². The van der Waals surface area contributed by atoms with Crippen LogP contribution in [-0.4, -0.2) is 20.6 Å². The molecule has 0 saturated carbocycles. The topological polar surface area (TPSA) is 70.7 Å². The molecule has 0 spiro atoms. The highest BCUT2D eigenvalue weighted by atomic mass is 32.1. The normalized spacial score (nSPS) is 9.00. The monoisotopic (exact) mass is 144 g/mol. The average Bonchev–Trinajstić information content (AvgIpc) is 2.15. The molecule has 1 heterocycles. The molecule has 0 aliphatic rings. The predicted octanol–water partition coefficient (Wildman–Crippen LogP) is 0.266. The number of amides is 1. The van der Waals surface area contributed by atoms with Gasteiger partial charge in [-0.05, 0) is 0 Å². The number of nitrogens with one attached hydrogen (secondary N) is 2. The van der Waals surface area contributed by atoms with E-state index in [1.165, 1.54) is 6.20 Å². The van der Waals surface area contributed by atoms with Crippen molar-refractivity contribution in [2.75, 3.05) is 5.32 Å². The third-order valence-electron chi connectivity index (χ3n) is 0.650. The van der Waals surface area contributed by atoms with Crippen LogP contribution >= 0.6 is 12.6 Å². The first-order chi connectivity index (χ1) is 4.29. The lowest BCUT2D eigenvalue weighted by Gasteiger charge is -1.88. The summed E-state index contributed by atoms with van der Waals surface area (Å²) in [4.78, 5) is 10.2. The minimum absolute atomic E-state index is 0.370. The number of carbonyl (C=O) groups is 1. The van der Waals surface area contributed by atoms with Crippen molar-refractivity contribution in [3.63, 3.8) is 0 Å². The largest absolute Gasteiger partial charge is 0.299 e. The number of thiol groups is 1. The molecule has 1 amide bonds. The fraction of sp³-hybridized carbons (Fsp3) is 0. The third kappa shape index (κ3) is 1.73. The smallest absolute Gasteiger partial charge is 0.281 e. The zero-order valence-corrected chi connectivity index (χ0v) is 5.22. The summed E-state index contributed by atoms with van der Waals surface area (Å²) < 4.78 is 0. The molecule has 0 fully saturated rings. The fourth-order valence-corrected chi connectivity index (χ4v) is 0.486. The second-order valence-electron chi connectivity index (χ2n) is 1.29. The summed E-state index contributed by atoms with van der Waals surface area (Å²) in [7, 11) is 0. The number of hydrogen-bond acceptors (Lipinski definition) is 3. The SMILES string of the molecule is O=C(S)Nc1cn[nH]n1. The molecule has 2 N–H and O–H groups in total. The molecule has 0 saturated heterocycles. The molecule has 1 aromatic rings. The predicted molar refractivity (Wildman–Crippen MR) is 34.4 cm³/mol. The average molecular weight is 144 g/mol. The van der Waals surface area contributed by atoms with Gasteiger partial charge < -0.3 is 0 Å². The Morgan fingerprint density at radius 1 is 1.89 bits per heavy atom. The van der Waals surface area contributed by atoms with Gasteiger partial charge in [0.2, 0.25) is 0 Å². The van der Waals surface area contributed by atoms with E-state index >= 15 is 0 Å². The maximum atomic E-state index is 10.2. The molecule has 0 aromatic carbocycles.